The van der Waals surface area contributed by atoms with E-state index < -0.39 is 17.8 Å². The minimum atomic E-state index is -4.53. The van der Waals surface area contributed by atoms with Crippen LogP contribution in [0, 0.1) is 5.92 Å². The number of halogens is 3. The lowest BCUT2D eigenvalue weighted by Gasteiger charge is -2.32. The molecule has 20 heavy (non-hydrogen) atoms. The largest absolute Gasteiger partial charge is 0.433 e. The van der Waals surface area contributed by atoms with Crippen LogP contribution in [0.2, 0.25) is 0 Å². The molecule has 1 aliphatic rings. The number of nitrogens with two attached hydrogens (primary N) is 1. The number of hydrogen-bond donors (Lipinski definition) is 1. The van der Waals surface area contributed by atoms with Gasteiger partial charge in [-0.15, -0.1) is 0 Å². The second kappa shape index (κ2) is 5.30. The molecule has 1 amide bonds. The number of nitrogens with zero attached hydrogens (tertiary/aromatic N) is 2. The zero-order valence-corrected chi connectivity index (χ0v) is 11.1. The van der Waals surface area contributed by atoms with E-state index in [-0.39, 0.29) is 11.4 Å². The molecular formula is C13H16F3N3O. The lowest BCUT2D eigenvalue weighted by Crippen LogP contribution is -2.35. The molecule has 0 aromatic carbocycles. The van der Waals surface area contributed by atoms with Gasteiger partial charge in [0.1, 0.15) is 11.5 Å². The van der Waals surface area contributed by atoms with Crippen LogP contribution in [0.1, 0.15) is 35.8 Å². The van der Waals surface area contributed by atoms with Crippen molar-refractivity contribution in [1.29, 1.82) is 0 Å². The second-order valence-corrected chi connectivity index (χ2v) is 5.10. The summed E-state index contributed by atoms with van der Waals surface area (Å²) in [6, 6.07) is 1.89. The highest BCUT2D eigenvalue weighted by atomic mass is 19.4. The molecule has 110 valence electrons. The minimum Gasteiger partial charge on any atom is -0.365 e. The number of piperidine rings is 1. The number of alkyl halides is 3. The Morgan fingerprint density at radius 3 is 2.45 bits per heavy atom. The summed E-state index contributed by atoms with van der Waals surface area (Å²) >= 11 is 0. The van der Waals surface area contributed by atoms with Crippen LogP contribution >= 0.6 is 0 Å². The van der Waals surface area contributed by atoms with E-state index >= 15 is 0 Å². The molecule has 2 rings (SSSR count). The Morgan fingerprint density at radius 2 is 1.95 bits per heavy atom. The summed E-state index contributed by atoms with van der Waals surface area (Å²) < 4.78 is 38.2. The smallest absolute Gasteiger partial charge is 0.365 e. The fraction of sp³-hybridized carbons (Fsp3) is 0.538. The third kappa shape index (κ3) is 3.02. The van der Waals surface area contributed by atoms with Crippen molar-refractivity contribution in [2.45, 2.75) is 25.9 Å². The van der Waals surface area contributed by atoms with Gasteiger partial charge < -0.3 is 10.6 Å². The Morgan fingerprint density at radius 1 is 1.35 bits per heavy atom. The van der Waals surface area contributed by atoms with Crippen molar-refractivity contribution in [2.24, 2.45) is 11.7 Å². The number of primary amides is 1. The molecule has 0 aliphatic carbocycles. The molecule has 7 heteroatoms. The van der Waals surface area contributed by atoms with Crippen molar-refractivity contribution in [3.05, 3.63) is 23.4 Å². The first-order valence-electron chi connectivity index (χ1n) is 6.42. The van der Waals surface area contributed by atoms with Crippen molar-refractivity contribution in [3.63, 3.8) is 0 Å². The molecule has 4 nitrogen and oxygen atoms in total. The summed E-state index contributed by atoms with van der Waals surface area (Å²) in [6.45, 7) is 3.25. The quantitative estimate of drug-likeness (QED) is 0.909. The predicted octanol–water partition coefficient (Wildman–Crippen LogP) is 2.44. The van der Waals surface area contributed by atoms with Gasteiger partial charge in [0.15, 0.2) is 0 Å². The summed E-state index contributed by atoms with van der Waals surface area (Å²) in [4.78, 5) is 16.7. The van der Waals surface area contributed by atoms with Crippen LogP contribution in [-0.4, -0.2) is 24.0 Å². The number of carbonyl (C=O) groups is 1. The maximum atomic E-state index is 12.7. The molecule has 0 atom stereocenters. The van der Waals surface area contributed by atoms with E-state index in [0.717, 1.165) is 25.0 Å². The topological polar surface area (TPSA) is 59.2 Å². The molecule has 2 heterocycles. The Kier molecular flexibility index (Phi) is 3.87. The van der Waals surface area contributed by atoms with Crippen molar-refractivity contribution in [2.75, 3.05) is 18.0 Å². The van der Waals surface area contributed by atoms with E-state index in [1.807, 2.05) is 0 Å². The second-order valence-electron chi connectivity index (χ2n) is 5.10. The zero-order chi connectivity index (χ0) is 14.9. The molecule has 1 saturated heterocycles. The Labute approximate surface area is 114 Å². The lowest BCUT2D eigenvalue weighted by molar-refractivity contribution is -0.141. The van der Waals surface area contributed by atoms with Crippen molar-refractivity contribution in [3.8, 4) is 0 Å². The average molecular weight is 287 g/mol. The first-order chi connectivity index (χ1) is 9.29. The van der Waals surface area contributed by atoms with E-state index in [0.29, 0.717) is 19.0 Å². The predicted molar refractivity (Wildman–Crippen MR) is 68.4 cm³/mol. The third-order valence-corrected chi connectivity index (χ3v) is 3.51. The molecule has 1 aliphatic heterocycles. The Hall–Kier alpha value is -1.79. The summed E-state index contributed by atoms with van der Waals surface area (Å²) in [6.07, 6.45) is -2.82. The van der Waals surface area contributed by atoms with Gasteiger partial charge in [-0.05, 0) is 30.9 Å². The van der Waals surface area contributed by atoms with Crippen LogP contribution in [0.25, 0.3) is 0 Å². The third-order valence-electron chi connectivity index (χ3n) is 3.51. The van der Waals surface area contributed by atoms with Crippen molar-refractivity contribution >= 4 is 11.7 Å². The highest BCUT2D eigenvalue weighted by Crippen LogP contribution is 2.31. The van der Waals surface area contributed by atoms with Gasteiger partial charge >= 0.3 is 6.18 Å². The standard InChI is InChI=1S/C13H16F3N3O/c1-8-4-6-19(7-5-8)12-9(11(17)20)2-3-10(18-12)13(14,15)16/h2-3,8H,4-7H2,1H3,(H2,17,20). The molecule has 1 aromatic rings. The van der Waals surface area contributed by atoms with E-state index in [2.05, 4.69) is 11.9 Å². The first kappa shape index (κ1) is 14.6. The van der Waals surface area contributed by atoms with Gasteiger partial charge in [-0.1, -0.05) is 6.92 Å². The molecule has 1 aromatic heterocycles. The molecule has 0 unspecified atom stereocenters. The highest BCUT2D eigenvalue weighted by molar-refractivity contribution is 5.97. The number of rotatable bonds is 2. The number of amides is 1. The normalized spacial score (nSPS) is 17.3. The zero-order valence-electron chi connectivity index (χ0n) is 11.1. The number of pyridine rings is 1. The molecule has 1 fully saturated rings. The van der Waals surface area contributed by atoms with Gasteiger partial charge in [0.2, 0.25) is 0 Å². The van der Waals surface area contributed by atoms with Crippen LogP contribution < -0.4 is 10.6 Å². The summed E-state index contributed by atoms with van der Waals surface area (Å²) in [5, 5.41) is 0. The van der Waals surface area contributed by atoms with Gasteiger partial charge in [0.25, 0.3) is 5.91 Å². The molecule has 0 radical (unpaired) electrons. The van der Waals surface area contributed by atoms with Crippen LogP contribution in [0.3, 0.4) is 0 Å². The fourth-order valence-corrected chi connectivity index (χ4v) is 2.26. The highest BCUT2D eigenvalue weighted by Gasteiger charge is 2.34. The van der Waals surface area contributed by atoms with Gasteiger partial charge in [-0.3, -0.25) is 4.79 Å². The molecule has 0 saturated carbocycles. The van der Waals surface area contributed by atoms with Crippen molar-refractivity contribution in [1.82, 2.24) is 4.98 Å². The van der Waals surface area contributed by atoms with Crippen molar-refractivity contribution < 1.29 is 18.0 Å². The van der Waals surface area contributed by atoms with Crippen LogP contribution in [0.5, 0.6) is 0 Å². The van der Waals surface area contributed by atoms with Crippen LogP contribution in [-0.2, 0) is 6.18 Å². The SMILES string of the molecule is CC1CCN(c2nc(C(F)(F)F)ccc2C(N)=O)CC1. The van der Waals surface area contributed by atoms with E-state index in [1.54, 1.807) is 4.90 Å². The number of carbonyl (C=O) groups excluding carboxylic acids is 1. The van der Waals surface area contributed by atoms with E-state index in [1.165, 1.54) is 0 Å². The Balaban J connectivity index is 2.39. The summed E-state index contributed by atoms with van der Waals surface area (Å²) in [5.74, 6) is -0.201. The van der Waals surface area contributed by atoms with Gasteiger partial charge in [0.05, 0.1) is 5.56 Å². The summed E-state index contributed by atoms with van der Waals surface area (Å²) in [5.41, 5.74) is 4.25. The van der Waals surface area contributed by atoms with Gasteiger partial charge in [-0.2, -0.15) is 13.2 Å². The summed E-state index contributed by atoms with van der Waals surface area (Å²) in [7, 11) is 0. The molecular weight excluding hydrogens is 271 g/mol. The van der Waals surface area contributed by atoms with Gasteiger partial charge in [-0.25, -0.2) is 4.98 Å². The van der Waals surface area contributed by atoms with Crippen LogP contribution in [0.15, 0.2) is 12.1 Å². The van der Waals surface area contributed by atoms with E-state index in [4.69, 9.17) is 5.73 Å². The maximum Gasteiger partial charge on any atom is 0.433 e. The molecule has 0 bridgehead atoms. The molecule has 0 spiro atoms. The first-order valence-corrected chi connectivity index (χ1v) is 6.42. The van der Waals surface area contributed by atoms with Gasteiger partial charge in [0, 0.05) is 13.1 Å². The minimum absolute atomic E-state index is 0.0348. The lowest BCUT2D eigenvalue weighted by atomic mass is 9.99. The Bertz CT molecular complexity index is 508. The number of hydrogen-bond acceptors (Lipinski definition) is 3. The monoisotopic (exact) mass is 287 g/mol. The average Bonchev–Trinajstić information content (AvgIpc) is 2.37. The van der Waals surface area contributed by atoms with E-state index in [9.17, 15) is 18.0 Å². The maximum absolute atomic E-state index is 12.7. The van der Waals surface area contributed by atoms with Crippen LogP contribution in [0.4, 0.5) is 19.0 Å². The molecule has 2 N–H and O–H groups in total. The number of aromatic nitrogens is 1. The number of anilines is 1. The fourth-order valence-electron chi connectivity index (χ4n) is 2.26.